The summed E-state index contributed by atoms with van der Waals surface area (Å²) < 4.78 is 30.1. The van der Waals surface area contributed by atoms with Crippen LogP contribution in [0.15, 0.2) is 108 Å². The first-order chi connectivity index (χ1) is 21.5. The molecule has 7 nitrogen and oxygen atoms in total. The standard InChI is InChI=1S/C34H34Cl2IN3O4S/c1-3-24(2)38-34(42)32(20-25-10-6-4-7-11-25)39(22-26-14-15-27(35)21-31(26)36)33(41)23-40(29-18-16-28(37)17-19-29)45(43,44)30-12-8-5-9-13-30/h4-19,21,24,32H,3,20,22-23H2,1-2H3,(H,38,42)/t24-,32-/m1/s1. The lowest BCUT2D eigenvalue weighted by molar-refractivity contribution is -0.140. The van der Waals surface area contributed by atoms with E-state index in [9.17, 15) is 18.0 Å². The molecule has 4 rings (SSSR count). The summed E-state index contributed by atoms with van der Waals surface area (Å²) in [6.07, 6.45) is 0.895. The number of hydrogen-bond donors (Lipinski definition) is 1. The average Bonchev–Trinajstić information content (AvgIpc) is 3.03. The van der Waals surface area contributed by atoms with Gasteiger partial charge in [0.15, 0.2) is 0 Å². The third-order valence-electron chi connectivity index (χ3n) is 7.35. The summed E-state index contributed by atoms with van der Waals surface area (Å²) in [4.78, 5) is 29.9. The summed E-state index contributed by atoms with van der Waals surface area (Å²) in [7, 11) is -4.17. The molecule has 0 bridgehead atoms. The molecule has 0 spiro atoms. The van der Waals surface area contributed by atoms with Gasteiger partial charge in [0, 0.05) is 32.6 Å². The summed E-state index contributed by atoms with van der Waals surface area (Å²) in [5.74, 6) is -0.919. The van der Waals surface area contributed by atoms with Crippen LogP contribution in [0.5, 0.6) is 0 Å². The number of amides is 2. The predicted octanol–water partition coefficient (Wildman–Crippen LogP) is 7.35. The fourth-order valence-corrected chi connectivity index (χ4v) is 6.95. The number of carbonyl (C=O) groups excluding carboxylic acids is 2. The van der Waals surface area contributed by atoms with Crippen molar-refractivity contribution in [2.75, 3.05) is 10.8 Å². The van der Waals surface area contributed by atoms with E-state index in [-0.39, 0.29) is 29.8 Å². The number of hydrogen-bond acceptors (Lipinski definition) is 4. The van der Waals surface area contributed by atoms with Crippen molar-refractivity contribution >= 4 is 73.3 Å². The summed E-state index contributed by atoms with van der Waals surface area (Å²) in [6, 6.07) is 28.0. The molecule has 0 aliphatic rings. The van der Waals surface area contributed by atoms with Gasteiger partial charge in [0.2, 0.25) is 11.8 Å². The smallest absolute Gasteiger partial charge is 0.264 e. The zero-order chi connectivity index (χ0) is 32.6. The number of benzene rings is 4. The molecular formula is C34H34Cl2IN3O4S. The first kappa shape index (κ1) is 34.7. The van der Waals surface area contributed by atoms with E-state index in [0.29, 0.717) is 27.7 Å². The van der Waals surface area contributed by atoms with Crippen molar-refractivity contribution < 1.29 is 18.0 Å². The van der Waals surface area contributed by atoms with Gasteiger partial charge in [-0.2, -0.15) is 0 Å². The highest BCUT2D eigenvalue weighted by molar-refractivity contribution is 14.1. The van der Waals surface area contributed by atoms with Gasteiger partial charge in [0.25, 0.3) is 10.0 Å². The average molecular weight is 779 g/mol. The Bertz CT molecular complexity index is 1710. The molecule has 0 aliphatic heterocycles. The fourth-order valence-electron chi connectivity index (χ4n) is 4.68. The molecule has 0 saturated heterocycles. The third kappa shape index (κ3) is 9.22. The first-order valence-electron chi connectivity index (χ1n) is 14.4. The summed E-state index contributed by atoms with van der Waals surface area (Å²) in [6.45, 7) is 3.25. The minimum Gasteiger partial charge on any atom is -0.352 e. The van der Waals surface area contributed by atoms with Crippen LogP contribution >= 0.6 is 45.8 Å². The topological polar surface area (TPSA) is 86.8 Å². The molecule has 4 aromatic rings. The van der Waals surface area contributed by atoms with Crippen molar-refractivity contribution in [2.24, 2.45) is 0 Å². The minimum atomic E-state index is -4.17. The maximum Gasteiger partial charge on any atom is 0.264 e. The highest BCUT2D eigenvalue weighted by Crippen LogP contribution is 2.27. The van der Waals surface area contributed by atoms with Crippen LogP contribution in [0.4, 0.5) is 5.69 Å². The lowest BCUT2D eigenvalue weighted by atomic mass is 10.0. The van der Waals surface area contributed by atoms with E-state index in [0.717, 1.165) is 13.4 Å². The molecule has 11 heteroatoms. The lowest BCUT2D eigenvalue weighted by Gasteiger charge is -2.34. The van der Waals surface area contributed by atoms with Gasteiger partial charge >= 0.3 is 0 Å². The number of sulfonamides is 1. The third-order valence-corrected chi connectivity index (χ3v) is 10.4. The Morgan fingerprint density at radius 3 is 2.11 bits per heavy atom. The monoisotopic (exact) mass is 777 g/mol. The maximum absolute atomic E-state index is 14.5. The van der Waals surface area contributed by atoms with E-state index in [2.05, 4.69) is 27.9 Å². The maximum atomic E-state index is 14.5. The second-order valence-electron chi connectivity index (χ2n) is 10.6. The van der Waals surface area contributed by atoms with Crippen LogP contribution in [0.2, 0.25) is 10.0 Å². The Balaban J connectivity index is 1.82. The van der Waals surface area contributed by atoms with Crippen LogP contribution in [0.3, 0.4) is 0 Å². The number of nitrogens with one attached hydrogen (secondary N) is 1. The fraction of sp³-hybridized carbons (Fsp3) is 0.235. The molecule has 0 unspecified atom stereocenters. The Morgan fingerprint density at radius 1 is 0.889 bits per heavy atom. The van der Waals surface area contributed by atoms with Crippen LogP contribution in [0.25, 0.3) is 0 Å². The summed E-state index contributed by atoms with van der Waals surface area (Å²) in [5.41, 5.74) is 1.73. The molecule has 0 aliphatic carbocycles. The molecule has 0 fully saturated rings. The Labute approximate surface area is 288 Å². The molecule has 1 N–H and O–H groups in total. The highest BCUT2D eigenvalue weighted by atomic mass is 127. The molecule has 0 saturated carbocycles. The molecule has 0 heterocycles. The number of rotatable bonds is 13. The highest BCUT2D eigenvalue weighted by Gasteiger charge is 2.35. The van der Waals surface area contributed by atoms with Crippen LogP contribution < -0.4 is 9.62 Å². The number of nitrogens with zero attached hydrogens (tertiary/aromatic N) is 2. The van der Waals surface area contributed by atoms with Crippen LogP contribution in [-0.4, -0.2) is 43.8 Å². The largest absolute Gasteiger partial charge is 0.352 e. The normalized spacial score (nSPS) is 12.6. The van der Waals surface area contributed by atoms with E-state index in [4.69, 9.17) is 23.2 Å². The molecule has 0 radical (unpaired) electrons. The van der Waals surface area contributed by atoms with Crippen LogP contribution in [-0.2, 0) is 32.6 Å². The van der Waals surface area contributed by atoms with Gasteiger partial charge in [-0.15, -0.1) is 0 Å². The number of anilines is 1. The molecule has 4 aromatic carbocycles. The van der Waals surface area contributed by atoms with E-state index in [1.165, 1.54) is 17.0 Å². The van der Waals surface area contributed by atoms with E-state index in [1.54, 1.807) is 60.7 Å². The zero-order valence-electron chi connectivity index (χ0n) is 24.9. The van der Waals surface area contributed by atoms with Gasteiger partial charge in [0.1, 0.15) is 12.6 Å². The second kappa shape index (κ2) is 15.9. The van der Waals surface area contributed by atoms with Crippen LogP contribution in [0, 0.1) is 3.57 Å². The van der Waals surface area contributed by atoms with Gasteiger partial charge in [-0.1, -0.05) is 84.7 Å². The summed E-state index contributed by atoms with van der Waals surface area (Å²) >= 11 is 14.9. The Kier molecular flexibility index (Phi) is 12.3. The van der Waals surface area contributed by atoms with Crippen molar-refractivity contribution in [3.8, 4) is 0 Å². The Hall–Kier alpha value is -3.12. The Morgan fingerprint density at radius 2 is 1.51 bits per heavy atom. The molecule has 45 heavy (non-hydrogen) atoms. The quantitative estimate of drug-likeness (QED) is 0.144. The molecular weight excluding hydrogens is 744 g/mol. The van der Waals surface area contributed by atoms with Crippen molar-refractivity contribution in [3.05, 3.63) is 128 Å². The SMILES string of the molecule is CC[C@@H](C)NC(=O)[C@@H](Cc1ccccc1)N(Cc1ccc(Cl)cc1Cl)C(=O)CN(c1ccc(I)cc1)S(=O)(=O)c1ccccc1. The van der Waals surface area contributed by atoms with Gasteiger partial charge in [-0.3, -0.25) is 13.9 Å². The minimum absolute atomic E-state index is 0.0407. The van der Waals surface area contributed by atoms with Crippen LogP contribution in [0.1, 0.15) is 31.4 Å². The van der Waals surface area contributed by atoms with E-state index in [1.807, 2.05) is 44.2 Å². The molecule has 236 valence electrons. The number of carbonyl (C=O) groups is 2. The van der Waals surface area contributed by atoms with Crippen molar-refractivity contribution in [2.45, 2.75) is 50.2 Å². The summed E-state index contributed by atoms with van der Waals surface area (Å²) in [5, 5.41) is 3.78. The molecule has 2 atom stereocenters. The molecule has 2 amide bonds. The van der Waals surface area contributed by atoms with Crippen molar-refractivity contribution in [3.63, 3.8) is 0 Å². The predicted molar refractivity (Wildman–Crippen MR) is 189 cm³/mol. The second-order valence-corrected chi connectivity index (χ2v) is 14.5. The van der Waals surface area contributed by atoms with Gasteiger partial charge in [-0.05, 0) is 95.6 Å². The van der Waals surface area contributed by atoms with Gasteiger partial charge < -0.3 is 10.2 Å². The zero-order valence-corrected chi connectivity index (χ0v) is 29.4. The van der Waals surface area contributed by atoms with Crippen molar-refractivity contribution in [1.82, 2.24) is 10.2 Å². The number of halogens is 3. The van der Waals surface area contributed by atoms with E-state index >= 15 is 0 Å². The lowest BCUT2D eigenvalue weighted by Crippen LogP contribution is -2.54. The van der Waals surface area contributed by atoms with Gasteiger partial charge in [0.05, 0.1) is 10.6 Å². The molecule has 0 aromatic heterocycles. The van der Waals surface area contributed by atoms with E-state index < -0.39 is 28.5 Å². The van der Waals surface area contributed by atoms with Crippen molar-refractivity contribution in [1.29, 1.82) is 0 Å². The van der Waals surface area contributed by atoms with Gasteiger partial charge in [-0.25, -0.2) is 8.42 Å². The first-order valence-corrected chi connectivity index (χ1v) is 17.7.